The van der Waals surface area contributed by atoms with Crippen LogP contribution in [0.2, 0.25) is 0 Å². The van der Waals surface area contributed by atoms with Gasteiger partial charge in [0.1, 0.15) is 17.3 Å². The Kier molecular flexibility index (Phi) is 9.89. The van der Waals surface area contributed by atoms with Crippen molar-refractivity contribution in [1.82, 2.24) is 0 Å². The average molecular weight is 445 g/mol. The number of allylic oxidation sites excluding steroid dienone is 3. The molecule has 1 aliphatic carbocycles. The molecule has 4 nitrogen and oxygen atoms in total. The highest BCUT2D eigenvalue weighted by atomic mass is 32.2. The van der Waals surface area contributed by atoms with Gasteiger partial charge in [-0.25, -0.2) is 4.79 Å². The molecule has 0 bridgehead atoms. The summed E-state index contributed by atoms with van der Waals surface area (Å²) in [7, 11) is 0. The largest absolute Gasteiger partial charge is 0.507 e. The molecule has 0 saturated heterocycles. The molecular formula is C26H36O4S. The average Bonchev–Trinajstić information content (AvgIpc) is 2.71. The highest BCUT2D eigenvalue weighted by Crippen LogP contribution is 2.47. The number of phenolic OH excluding ortho intramolecular Hbond substituents is 1. The van der Waals surface area contributed by atoms with Gasteiger partial charge < -0.3 is 9.84 Å². The Bertz CT molecular complexity index is 840. The van der Waals surface area contributed by atoms with Crippen LogP contribution in [0.1, 0.15) is 83.3 Å². The summed E-state index contributed by atoms with van der Waals surface area (Å²) in [6.07, 6.45) is 8.55. The predicted molar refractivity (Wildman–Crippen MR) is 129 cm³/mol. The Morgan fingerprint density at radius 3 is 2.65 bits per heavy atom. The van der Waals surface area contributed by atoms with Crippen molar-refractivity contribution in [2.24, 2.45) is 5.92 Å². The van der Waals surface area contributed by atoms with Gasteiger partial charge in [-0.1, -0.05) is 50.5 Å². The number of hydrogen-bond donors (Lipinski definition) is 1. The number of thioether (sulfide) groups is 1. The van der Waals surface area contributed by atoms with Crippen LogP contribution in [-0.2, 0) is 11.2 Å². The van der Waals surface area contributed by atoms with Crippen LogP contribution in [0, 0.1) is 5.92 Å². The molecule has 5 heteroatoms. The zero-order valence-electron chi connectivity index (χ0n) is 19.3. The molecule has 170 valence electrons. The van der Waals surface area contributed by atoms with E-state index >= 15 is 0 Å². The molecule has 1 aromatic carbocycles. The molecule has 1 aliphatic rings. The van der Waals surface area contributed by atoms with Crippen molar-refractivity contribution in [2.75, 3.05) is 5.75 Å². The van der Waals surface area contributed by atoms with Crippen LogP contribution in [0.3, 0.4) is 0 Å². The molecule has 0 aliphatic heterocycles. The summed E-state index contributed by atoms with van der Waals surface area (Å²) in [5, 5.41) is 10.5. The molecule has 0 aromatic heterocycles. The molecule has 0 unspecified atom stereocenters. The van der Waals surface area contributed by atoms with Crippen molar-refractivity contribution in [3.63, 3.8) is 0 Å². The van der Waals surface area contributed by atoms with Gasteiger partial charge in [0.2, 0.25) is 0 Å². The lowest BCUT2D eigenvalue weighted by atomic mass is 9.73. The number of unbranched alkanes of at least 4 members (excludes halogenated alkanes) is 2. The van der Waals surface area contributed by atoms with E-state index in [9.17, 15) is 14.7 Å². The fraction of sp³-hybridized carbons (Fsp3) is 0.538. The first-order valence-corrected chi connectivity index (χ1v) is 12.3. The van der Waals surface area contributed by atoms with E-state index in [2.05, 4.69) is 26.5 Å². The number of aromatic hydroxyl groups is 1. The number of ketones is 1. The maximum Gasteiger partial charge on any atom is 0.373 e. The minimum absolute atomic E-state index is 0.00604. The molecule has 0 radical (unpaired) electrons. The standard InChI is InChI=1S/C26H36O4S/c1-6-8-9-10-19-14-23(28)25(22-13-18(5)11-12-21(22)17(3)4)24(15-19)30-26(29)31-16-20(27)7-2/h13-15,21-22,28H,3,6-12,16H2,1-2,4-5H3/t21-,22+/m0/s1. The zero-order valence-corrected chi connectivity index (χ0v) is 20.1. The van der Waals surface area contributed by atoms with Crippen molar-refractivity contribution in [1.29, 1.82) is 0 Å². The molecule has 0 amide bonds. The summed E-state index contributed by atoms with van der Waals surface area (Å²) in [6.45, 7) is 12.2. The van der Waals surface area contributed by atoms with Gasteiger partial charge in [-0.05, 0) is 74.9 Å². The first kappa shape index (κ1) is 25.3. The normalized spacial score (nSPS) is 18.4. The first-order chi connectivity index (χ1) is 14.8. The minimum atomic E-state index is -0.517. The van der Waals surface area contributed by atoms with Crippen molar-refractivity contribution < 1.29 is 19.4 Å². The number of phenols is 1. The van der Waals surface area contributed by atoms with Crippen LogP contribution in [0.15, 0.2) is 35.9 Å². The number of carbonyl (C=O) groups excluding carboxylic acids is 2. The lowest BCUT2D eigenvalue weighted by Crippen LogP contribution is -2.18. The Labute approximate surface area is 191 Å². The number of carbonyl (C=O) groups is 2. The summed E-state index contributed by atoms with van der Waals surface area (Å²) in [5.41, 5.74) is 3.91. The topological polar surface area (TPSA) is 63.6 Å². The van der Waals surface area contributed by atoms with Gasteiger partial charge in [0.05, 0.1) is 5.75 Å². The summed E-state index contributed by atoms with van der Waals surface area (Å²) in [5.74, 6) is 0.743. The molecule has 1 aromatic rings. The SMILES string of the molecule is C=C(C)[C@@H]1CCC(C)=C[C@H]1c1c(O)cc(CCCCC)cc1OC(=O)SCC(=O)CC. The number of rotatable bonds is 10. The molecule has 2 rings (SSSR count). The third-order valence-electron chi connectivity index (χ3n) is 5.90. The molecular weight excluding hydrogens is 408 g/mol. The van der Waals surface area contributed by atoms with Gasteiger partial charge in [0.25, 0.3) is 0 Å². The smallest absolute Gasteiger partial charge is 0.373 e. The maximum absolute atomic E-state index is 12.5. The second-order valence-electron chi connectivity index (χ2n) is 8.55. The van der Waals surface area contributed by atoms with Gasteiger partial charge in [0, 0.05) is 17.9 Å². The van der Waals surface area contributed by atoms with Gasteiger partial charge in [-0.15, -0.1) is 0 Å². The monoisotopic (exact) mass is 444 g/mol. The van der Waals surface area contributed by atoms with Crippen molar-refractivity contribution in [2.45, 2.75) is 78.6 Å². The number of Topliss-reactive ketones (excluding diaryl/α,β-unsaturated/α-hetero) is 1. The van der Waals surface area contributed by atoms with Crippen LogP contribution < -0.4 is 4.74 Å². The Morgan fingerprint density at radius 2 is 2.00 bits per heavy atom. The van der Waals surface area contributed by atoms with Crippen LogP contribution in [0.4, 0.5) is 4.79 Å². The second-order valence-corrected chi connectivity index (χ2v) is 9.46. The van der Waals surface area contributed by atoms with Gasteiger partial charge >= 0.3 is 5.30 Å². The van der Waals surface area contributed by atoms with Crippen molar-refractivity contribution in [3.8, 4) is 11.5 Å². The zero-order chi connectivity index (χ0) is 23.0. The Hall–Kier alpha value is -2.01. The fourth-order valence-electron chi connectivity index (χ4n) is 4.08. The third-order valence-corrected chi connectivity index (χ3v) is 6.69. The van der Waals surface area contributed by atoms with E-state index in [-0.39, 0.29) is 29.1 Å². The van der Waals surface area contributed by atoms with Crippen LogP contribution >= 0.6 is 11.8 Å². The molecule has 0 fully saturated rings. The van der Waals surface area contributed by atoms with Gasteiger partial charge in [0.15, 0.2) is 0 Å². The summed E-state index contributed by atoms with van der Waals surface area (Å²) >= 11 is 0.875. The van der Waals surface area contributed by atoms with E-state index in [0.717, 1.165) is 61.4 Å². The molecule has 0 spiro atoms. The van der Waals surface area contributed by atoms with E-state index in [1.807, 2.05) is 19.1 Å². The van der Waals surface area contributed by atoms with E-state index in [0.29, 0.717) is 17.7 Å². The Balaban J connectivity index is 2.42. The first-order valence-electron chi connectivity index (χ1n) is 11.3. The minimum Gasteiger partial charge on any atom is -0.507 e. The van der Waals surface area contributed by atoms with E-state index < -0.39 is 5.30 Å². The summed E-state index contributed by atoms with van der Waals surface area (Å²) in [6, 6.07) is 3.70. The number of aryl methyl sites for hydroxylation is 1. The van der Waals surface area contributed by atoms with Crippen molar-refractivity contribution in [3.05, 3.63) is 47.1 Å². The lowest BCUT2D eigenvalue weighted by Gasteiger charge is -2.32. The predicted octanol–water partition coefficient (Wildman–Crippen LogP) is 7.35. The second kappa shape index (κ2) is 12.1. The lowest BCUT2D eigenvalue weighted by molar-refractivity contribution is -0.116. The molecule has 0 saturated carbocycles. The third kappa shape index (κ3) is 7.27. The number of ether oxygens (including phenoxy) is 1. The van der Waals surface area contributed by atoms with Gasteiger partial charge in [-0.2, -0.15) is 0 Å². The number of hydrogen-bond acceptors (Lipinski definition) is 5. The van der Waals surface area contributed by atoms with Gasteiger partial charge in [-0.3, -0.25) is 4.79 Å². The van der Waals surface area contributed by atoms with Crippen LogP contribution in [0.25, 0.3) is 0 Å². The highest BCUT2D eigenvalue weighted by Gasteiger charge is 2.31. The molecule has 1 N–H and O–H groups in total. The molecule has 2 atom stereocenters. The fourth-order valence-corrected chi connectivity index (χ4v) is 4.71. The maximum atomic E-state index is 12.5. The van der Waals surface area contributed by atoms with Crippen LogP contribution in [-0.4, -0.2) is 21.9 Å². The van der Waals surface area contributed by atoms with Crippen LogP contribution in [0.5, 0.6) is 11.5 Å². The quantitative estimate of drug-likeness (QED) is 0.232. The van der Waals surface area contributed by atoms with Crippen molar-refractivity contribution >= 4 is 22.8 Å². The number of benzene rings is 1. The van der Waals surface area contributed by atoms with E-state index in [4.69, 9.17) is 4.74 Å². The molecule has 0 heterocycles. The van der Waals surface area contributed by atoms with E-state index in [1.54, 1.807) is 6.92 Å². The Morgan fingerprint density at radius 1 is 1.26 bits per heavy atom. The summed E-state index contributed by atoms with van der Waals surface area (Å²) in [4.78, 5) is 24.1. The molecule has 31 heavy (non-hydrogen) atoms. The van der Waals surface area contributed by atoms with E-state index in [1.165, 1.54) is 5.57 Å². The highest BCUT2D eigenvalue weighted by molar-refractivity contribution is 8.13. The summed E-state index contributed by atoms with van der Waals surface area (Å²) < 4.78 is 5.74.